The van der Waals surface area contributed by atoms with Gasteiger partial charge in [0.25, 0.3) is 0 Å². The standard InChI is InChI=1S/C12H15N3O/c1-16-11-5-3-2-4-9(11)12-10(6-7-13)14-8-15-12/h2-5,8H,6-7,13H2,1H3,(H,14,15). The number of nitrogens with zero attached hydrogens (tertiary/aromatic N) is 1. The van der Waals surface area contributed by atoms with E-state index in [0.29, 0.717) is 6.54 Å². The number of imidazole rings is 1. The molecule has 2 aromatic rings. The number of methoxy groups -OCH3 is 1. The van der Waals surface area contributed by atoms with E-state index in [0.717, 1.165) is 29.1 Å². The van der Waals surface area contributed by atoms with Gasteiger partial charge in [-0.2, -0.15) is 0 Å². The Morgan fingerprint density at radius 1 is 1.38 bits per heavy atom. The molecule has 0 bridgehead atoms. The van der Waals surface area contributed by atoms with Gasteiger partial charge in [-0.3, -0.25) is 0 Å². The Morgan fingerprint density at radius 3 is 2.94 bits per heavy atom. The van der Waals surface area contributed by atoms with Crippen LogP contribution >= 0.6 is 0 Å². The van der Waals surface area contributed by atoms with Crippen molar-refractivity contribution in [3.63, 3.8) is 0 Å². The maximum absolute atomic E-state index is 5.56. The lowest BCUT2D eigenvalue weighted by Crippen LogP contribution is -2.04. The molecule has 4 nitrogen and oxygen atoms in total. The second-order valence-electron chi connectivity index (χ2n) is 3.47. The lowest BCUT2D eigenvalue weighted by atomic mass is 10.1. The van der Waals surface area contributed by atoms with Crippen LogP contribution < -0.4 is 10.5 Å². The van der Waals surface area contributed by atoms with E-state index < -0.39 is 0 Å². The summed E-state index contributed by atoms with van der Waals surface area (Å²) in [5.74, 6) is 0.827. The molecule has 1 heterocycles. The van der Waals surface area contributed by atoms with Crippen LogP contribution in [0.1, 0.15) is 5.69 Å². The minimum atomic E-state index is 0.602. The molecule has 0 unspecified atom stereocenters. The van der Waals surface area contributed by atoms with Crippen molar-refractivity contribution in [3.05, 3.63) is 36.3 Å². The lowest BCUT2D eigenvalue weighted by molar-refractivity contribution is 0.416. The number of benzene rings is 1. The number of rotatable bonds is 4. The number of H-pyrrole nitrogens is 1. The average Bonchev–Trinajstić information content (AvgIpc) is 2.77. The molecule has 2 rings (SSSR count). The van der Waals surface area contributed by atoms with Crippen molar-refractivity contribution < 1.29 is 4.74 Å². The van der Waals surface area contributed by atoms with E-state index >= 15 is 0 Å². The third-order valence-corrected chi connectivity index (χ3v) is 2.47. The first-order valence-corrected chi connectivity index (χ1v) is 5.22. The molecule has 3 N–H and O–H groups in total. The minimum Gasteiger partial charge on any atom is -0.496 e. The van der Waals surface area contributed by atoms with E-state index in [1.54, 1.807) is 13.4 Å². The van der Waals surface area contributed by atoms with Gasteiger partial charge in [0.2, 0.25) is 0 Å². The molecular weight excluding hydrogens is 202 g/mol. The van der Waals surface area contributed by atoms with Crippen molar-refractivity contribution in [2.24, 2.45) is 5.73 Å². The first-order valence-electron chi connectivity index (χ1n) is 5.22. The Labute approximate surface area is 94.5 Å². The Kier molecular flexibility index (Phi) is 3.22. The van der Waals surface area contributed by atoms with E-state index in [2.05, 4.69) is 9.97 Å². The van der Waals surface area contributed by atoms with Crippen LogP contribution in [0, 0.1) is 0 Å². The highest BCUT2D eigenvalue weighted by Gasteiger charge is 2.11. The van der Waals surface area contributed by atoms with Crippen molar-refractivity contribution in [1.29, 1.82) is 0 Å². The number of para-hydroxylation sites is 1. The molecule has 16 heavy (non-hydrogen) atoms. The van der Waals surface area contributed by atoms with Crippen LogP contribution in [0.3, 0.4) is 0 Å². The largest absolute Gasteiger partial charge is 0.496 e. The average molecular weight is 217 g/mol. The fourth-order valence-electron chi connectivity index (χ4n) is 1.73. The van der Waals surface area contributed by atoms with Crippen molar-refractivity contribution in [3.8, 4) is 17.0 Å². The van der Waals surface area contributed by atoms with Crippen LogP contribution in [0.15, 0.2) is 30.6 Å². The van der Waals surface area contributed by atoms with E-state index in [-0.39, 0.29) is 0 Å². The Morgan fingerprint density at radius 2 is 2.19 bits per heavy atom. The predicted octanol–water partition coefficient (Wildman–Crippen LogP) is 1.59. The summed E-state index contributed by atoms with van der Waals surface area (Å²) in [5.41, 5.74) is 8.52. The zero-order valence-electron chi connectivity index (χ0n) is 9.23. The third-order valence-electron chi connectivity index (χ3n) is 2.47. The Bertz CT molecular complexity index is 465. The number of aromatic nitrogens is 2. The molecule has 0 aliphatic rings. The van der Waals surface area contributed by atoms with Crippen molar-refractivity contribution in [2.45, 2.75) is 6.42 Å². The first-order chi connectivity index (χ1) is 7.86. The quantitative estimate of drug-likeness (QED) is 0.817. The minimum absolute atomic E-state index is 0.602. The Balaban J connectivity index is 2.45. The summed E-state index contributed by atoms with van der Waals surface area (Å²) in [5, 5.41) is 0. The second-order valence-corrected chi connectivity index (χ2v) is 3.47. The highest BCUT2D eigenvalue weighted by molar-refractivity contribution is 5.69. The molecule has 1 aromatic carbocycles. The van der Waals surface area contributed by atoms with Gasteiger partial charge in [-0.25, -0.2) is 4.98 Å². The number of ether oxygens (including phenoxy) is 1. The van der Waals surface area contributed by atoms with Gasteiger partial charge in [0.05, 0.1) is 19.1 Å². The summed E-state index contributed by atoms with van der Waals surface area (Å²) in [6, 6.07) is 7.83. The van der Waals surface area contributed by atoms with Crippen molar-refractivity contribution in [1.82, 2.24) is 9.97 Å². The number of nitrogens with one attached hydrogen (secondary N) is 1. The van der Waals surface area contributed by atoms with Gasteiger partial charge in [0.15, 0.2) is 0 Å². The number of aromatic amines is 1. The van der Waals surface area contributed by atoms with Crippen molar-refractivity contribution >= 4 is 0 Å². The van der Waals surface area contributed by atoms with Gasteiger partial charge in [-0.1, -0.05) is 12.1 Å². The normalized spacial score (nSPS) is 10.4. The van der Waals surface area contributed by atoms with Gasteiger partial charge in [-0.15, -0.1) is 0 Å². The first kappa shape index (κ1) is 10.7. The molecule has 0 saturated carbocycles. The van der Waals surface area contributed by atoms with E-state index in [9.17, 15) is 0 Å². The topological polar surface area (TPSA) is 63.9 Å². The van der Waals surface area contributed by atoms with Crippen LogP contribution in [-0.4, -0.2) is 23.6 Å². The molecule has 0 saturated heterocycles. The van der Waals surface area contributed by atoms with Crippen LogP contribution in [0.5, 0.6) is 5.75 Å². The third kappa shape index (κ3) is 1.92. The zero-order valence-corrected chi connectivity index (χ0v) is 9.23. The van der Waals surface area contributed by atoms with Gasteiger partial charge in [-0.05, 0) is 18.7 Å². The fraction of sp³-hybridized carbons (Fsp3) is 0.250. The van der Waals surface area contributed by atoms with Gasteiger partial charge in [0.1, 0.15) is 5.75 Å². The summed E-state index contributed by atoms with van der Waals surface area (Å²) in [7, 11) is 1.66. The van der Waals surface area contributed by atoms with Gasteiger partial charge < -0.3 is 15.5 Å². The molecule has 1 aromatic heterocycles. The van der Waals surface area contributed by atoms with Crippen LogP contribution in [0.4, 0.5) is 0 Å². The molecule has 0 amide bonds. The molecule has 4 heteroatoms. The fourth-order valence-corrected chi connectivity index (χ4v) is 1.73. The maximum Gasteiger partial charge on any atom is 0.128 e. The van der Waals surface area contributed by atoms with Crippen LogP contribution in [-0.2, 0) is 6.42 Å². The summed E-state index contributed by atoms with van der Waals surface area (Å²) in [6.07, 6.45) is 2.47. The summed E-state index contributed by atoms with van der Waals surface area (Å²) >= 11 is 0. The molecule has 0 atom stereocenters. The number of nitrogens with two attached hydrogens (primary N) is 1. The smallest absolute Gasteiger partial charge is 0.128 e. The van der Waals surface area contributed by atoms with E-state index in [1.807, 2.05) is 24.3 Å². The number of hydrogen-bond acceptors (Lipinski definition) is 3. The molecule has 0 aliphatic heterocycles. The predicted molar refractivity (Wildman–Crippen MR) is 63.3 cm³/mol. The SMILES string of the molecule is COc1ccccc1-c1nc[nH]c1CCN. The van der Waals surface area contributed by atoms with Gasteiger partial charge >= 0.3 is 0 Å². The highest BCUT2D eigenvalue weighted by atomic mass is 16.5. The zero-order chi connectivity index (χ0) is 11.4. The summed E-state index contributed by atoms with van der Waals surface area (Å²) in [4.78, 5) is 7.43. The lowest BCUT2D eigenvalue weighted by Gasteiger charge is -2.07. The van der Waals surface area contributed by atoms with E-state index in [4.69, 9.17) is 10.5 Å². The molecule has 0 fully saturated rings. The van der Waals surface area contributed by atoms with Crippen molar-refractivity contribution in [2.75, 3.05) is 13.7 Å². The van der Waals surface area contributed by atoms with E-state index in [1.165, 1.54) is 0 Å². The summed E-state index contributed by atoms with van der Waals surface area (Å²) < 4.78 is 5.32. The van der Waals surface area contributed by atoms with Crippen LogP contribution in [0.2, 0.25) is 0 Å². The monoisotopic (exact) mass is 217 g/mol. The molecule has 0 radical (unpaired) electrons. The molecule has 84 valence electrons. The van der Waals surface area contributed by atoms with Gasteiger partial charge in [0, 0.05) is 17.7 Å². The summed E-state index contributed by atoms with van der Waals surface area (Å²) in [6.45, 7) is 0.602. The number of hydrogen-bond donors (Lipinski definition) is 2. The maximum atomic E-state index is 5.56. The Hall–Kier alpha value is -1.81. The highest BCUT2D eigenvalue weighted by Crippen LogP contribution is 2.29. The molecule has 0 spiro atoms. The second kappa shape index (κ2) is 4.81. The molecule has 0 aliphatic carbocycles. The van der Waals surface area contributed by atoms with Crippen LogP contribution in [0.25, 0.3) is 11.3 Å². The molecular formula is C12H15N3O.